The van der Waals surface area contributed by atoms with Gasteiger partial charge in [-0.1, -0.05) is 45.7 Å². The molecule has 1 rings (SSSR count). The molecule has 0 saturated heterocycles. The SMILES string of the molecule is [N-]=[N+]=NC(CC(N=[N+]=[N-])c1ccccc1)N=[N+]=[N-]. The summed E-state index contributed by atoms with van der Waals surface area (Å²) in [5.41, 5.74) is 26.0. The van der Waals surface area contributed by atoms with Crippen LogP contribution < -0.4 is 0 Å². The van der Waals surface area contributed by atoms with Crippen LogP contribution in [0.4, 0.5) is 0 Å². The normalized spacial score (nSPS) is 12.2. The molecular weight excluding hydrogens is 234 g/mol. The Balaban J connectivity index is 2.96. The third-order valence-corrected chi connectivity index (χ3v) is 2.18. The largest absolute Gasteiger partial charge is 0.116 e. The predicted molar refractivity (Wildman–Crippen MR) is 65.0 cm³/mol. The summed E-state index contributed by atoms with van der Waals surface area (Å²) in [7, 11) is 0. The average Bonchev–Trinajstić information content (AvgIpc) is 2.40. The molecule has 0 radical (unpaired) electrons. The van der Waals surface area contributed by atoms with Gasteiger partial charge in [-0.3, -0.25) is 0 Å². The highest BCUT2D eigenvalue weighted by molar-refractivity contribution is 5.19. The summed E-state index contributed by atoms with van der Waals surface area (Å²) in [5.74, 6) is 0. The molecule has 0 fully saturated rings. The molecular formula is C9H9N9. The summed E-state index contributed by atoms with van der Waals surface area (Å²) in [4.78, 5) is 7.91. The first-order valence-corrected chi connectivity index (χ1v) is 4.99. The van der Waals surface area contributed by atoms with Crippen molar-refractivity contribution in [3.05, 3.63) is 67.2 Å². The van der Waals surface area contributed by atoms with Crippen LogP contribution in [0, 0.1) is 0 Å². The van der Waals surface area contributed by atoms with Crippen molar-refractivity contribution in [3.8, 4) is 0 Å². The van der Waals surface area contributed by atoms with Crippen molar-refractivity contribution >= 4 is 0 Å². The van der Waals surface area contributed by atoms with Gasteiger partial charge in [0, 0.05) is 14.7 Å². The molecule has 18 heavy (non-hydrogen) atoms. The van der Waals surface area contributed by atoms with Crippen LogP contribution in [0.25, 0.3) is 31.3 Å². The molecule has 9 nitrogen and oxygen atoms in total. The molecule has 1 atom stereocenters. The van der Waals surface area contributed by atoms with E-state index >= 15 is 0 Å². The molecule has 1 unspecified atom stereocenters. The lowest BCUT2D eigenvalue weighted by molar-refractivity contribution is 0.546. The molecule has 90 valence electrons. The Morgan fingerprint density at radius 3 is 1.94 bits per heavy atom. The maximum Gasteiger partial charge on any atom is 0.116 e. The second-order valence-electron chi connectivity index (χ2n) is 3.26. The third-order valence-electron chi connectivity index (χ3n) is 2.18. The Morgan fingerprint density at radius 1 is 0.889 bits per heavy atom. The molecule has 0 heterocycles. The minimum absolute atomic E-state index is 0.127. The molecule has 0 N–H and O–H groups in total. The first-order valence-electron chi connectivity index (χ1n) is 4.99. The first-order chi connectivity index (χ1) is 8.81. The van der Waals surface area contributed by atoms with Gasteiger partial charge in [-0.15, -0.1) is 0 Å². The molecule has 0 aliphatic rings. The number of azide groups is 2. The average molecular weight is 243 g/mol. The minimum atomic E-state index is -0.921. The van der Waals surface area contributed by atoms with Crippen LogP contribution in [0.2, 0.25) is 0 Å². The van der Waals surface area contributed by atoms with E-state index in [2.05, 4.69) is 30.1 Å². The summed E-state index contributed by atoms with van der Waals surface area (Å²) in [6.07, 6.45) is -0.793. The Labute approximate surface area is 102 Å². The number of rotatable bonds is 6. The van der Waals surface area contributed by atoms with Crippen molar-refractivity contribution < 1.29 is 0 Å². The van der Waals surface area contributed by atoms with E-state index in [9.17, 15) is 0 Å². The molecule has 0 saturated carbocycles. The van der Waals surface area contributed by atoms with Crippen LogP contribution >= 0.6 is 0 Å². The van der Waals surface area contributed by atoms with E-state index in [-0.39, 0.29) is 6.42 Å². The highest BCUT2D eigenvalue weighted by atomic mass is 15.3. The molecule has 0 aromatic heterocycles. The Hall–Kier alpha value is -2.85. The number of hydrogen-bond donors (Lipinski definition) is 0. The molecule has 0 aliphatic heterocycles. The second kappa shape index (κ2) is 7.43. The lowest BCUT2D eigenvalue weighted by atomic mass is 10.0. The van der Waals surface area contributed by atoms with Crippen molar-refractivity contribution in [1.29, 1.82) is 0 Å². The maximum atomic E-state index is 8.52. The van der Waals surface area contributed by atoms with Gasteiger partial charge in [0.25, 0.3) is 0 Å². The molecule has 0 spiro atoms. The van der Waals surface area contributed by atoms with E-state index in [1.54, 1.807) is 24.3 Å². The van der Waals surface area contributed by atoms with Gasteiger partial charge < -0.3 is 0 Å². The quantitative estimate of drug-likeness (QED) is 0.396. The first kappa shape index (κ1) is 13.2. The van der Waals surface area contributed by atoms with Crippen LogP contribution in [0.5, 0.6) is 0 Å². The van der Waals surface area contributed by atoms with Crippen LogP contribution in [0.15, 0.2) is 45.7 Å². The zero-order chi connectivity index (χ0) is 13.2. The van der Waals surface area contributed by atoms with Crippen LogP contribution in [0.1, 0.15) is 18.0 Å². The molecule has 9 heteroatoms. The Morgan fingerprint density at radius 2 is 1.44 bits per heavy atom. The van der Waals surface area contributed by atoms with Crippen LogP contribution in [-0.2, 0) is 0 Å². The van der Waals surface area contributed by atoms with E-state index in [1.165, 1.54) is 0 Å². The fourth-order valence-electron chi connectivity index (χ4n) is 1.42. The van der Waals surface area contributed by atoms with Crippen LogP contribution in [-0.4, -0.2) is 6.17 Å². The lowest BCUT2D eigenvalue weighted by Crippen LogP contribution is -2.05. The van der Waals surface area contributed by atoms with Crippen molar-refractivity contribution in [2.75, 3.05) is 0 Å². The van der Waals surface area contributed by atoms with Gasteiger partial charge in [-0.2, -0.15) is 0 Å². The van der Waals surface area contributed by atoms with E-state index in [0.29, 0.717) is 0 Å². The highest BCUT2D eigenvalue weighted by Gasteiger charge is 2.14. The Bertz CT molecular complexity index is 502. The van der Waals surface area contributed by atoms with Crippen molar-refractivity contribution in [2.24, 2.45) is 15.3 Å². The molecule has 0 amide bonds. The van der Waals surface area contributed by atoms with E-state index in [1.807, 2.05) is 6.07 Å². The fourth-order valence-corrected chi connectivity index (χ4v) is 1.42. The summed E-state index contributed by atoms with van der Waals surface area (Å²) < 4.78 is 0. The second-order valence-corrected chi connectivity index (χ2v) is 3.26. The zero-order valence-electron chi connectivity index (χ0n) is 9.27. The van der Waals surface area contributed by atoms with Gasteiger partial charge in [-0.25, -0.2) is 0 Å². The lowest BCUT2D eigenvalue weighted by Gasteiger charge is -2.13. The predicted octanol–water partition coefficient (Wildman–Crippen LogP) is 4.37. The number of nitrogens with zero attached hydrogens (tertiary/aromatic N) is 9. The minimum Gasteiger partial charge on any atom is -0.0859 e. The topological polar surface area (TPSA) is 146 Å². The molecule has 1 aromatic carbocycles. The van der Waals surface area contributed by atoms with Gasteiger partial charge in [0.1, 0.15) is 6.17 Å². The maximum absolute atomic E-state index is 8.52. The zero-order valence-corrected chi connectivity index (χ0v) is 9.27. The standard InChI is InChI=1S/C9H9N9/c10-16-13-8(7-4-2-1-3-5-7)6-9(14-17-11)15-18-12/h1-5,8-9H,6H2. The number of hydrogen-bond acceptors (Lipinski definition) is 3. The summed E-state index contributed by atoms with van der Waals surface area (Å²) in [6, 6.07) is 8.44. The summed E-state index contributed by atoms with van der Waals surface area (Å²) in [5, 5.41) is 10.3. The van der Waals surface area contributed by atoms with Crippen molar-refractivity contribution in [3.63, 3.8) is 0 Å². The summed E-state index contributed by atoms with van der Waals surface area (Å²) >= 11 is 0. The van der Waals surface area contributed by atoms with Gasteiger partial charge in [0.15, 0.2) is 0 Å². The van der Waals surface area contributed by atoms with Crippen molar-refractivity contribution in [1.82, 2.24) is 0 Å². The monoisotopic (exact) mass is 243 g/mol. The van der Waals surface area contributed by atoms with Crippen molar-refractivity contribution in [2.45, 2.75) is 18.6 Å². The smallest absolute Gasteiger partial charge is 0.0859 e. The fraction of sp³-hybridized carbons (Fsp3) is 0.333. The molecule has 0 aliphatic carbocycles. The molecule has 1 aromatic rings. The van der Waals surface area contributed by atoms with Crippen LogP contribution in [0.3, 0.4) is 0 Å². The van der Waals surface area contributed by atoms with Gasteiger partial charge in [0.05, 0.1) is 6.04 Å². The number of benzene rings is 1. The van der Waals surface area contributed by atoms with Gasteiger partial charge in [0.2, 0.25) is 0 Å². The summed E-state index contributed by atoms with van der Waals surface area (Å²) in [6.45, 7) is 0. The van der Waals surface area contributed by atoms with E-state index in [0.717, 1.165) is 5.56 Å². The van der Waals surface area contributed by atoms with Gasteiger partial charge >= 0.3 is 0 Å². The Kier molecular flexibility index (Phi) is 5.45. The van der Waals surface area contributed by atoms with E-state index in [4.69, 9.17) is 16.6 Å². The van der Waals surface area contributed by atoms with E-state index < -0.39 is 12.2 Å². The highest BCUT2D eigenvalue weighted by Crippen LogP contribution is 2.24. The molecule has 0 bridgehead atoms. The van der Waals surface area contributed by atoms with Gasteiger partial charge in [-0.05, 0) is 28.6 Å². The third kappa shape index (κ3) is 3.96.